The summed E-state index contributed by atoms with van der Waals surface area (Å²) in [7, 11) is 0. The first-order chi connectivity index (χ1) is 12.1. The average molecular weight is 374 g/mol. The van der Waals surface area contributed by atoms with Gasteiger partial charge in [-0.15, -0.1) is 12.4 Å². The fourth-order valence-corrected chi connectivity index (χ4v) is 3.30. The van der Waals surface area contributed by atoms with E-state index in [0.717, 1.165) is 17.4 Å². The zero-order valence-electron chi connectivity index (χ0n) is 15.0. The maximum atomic E-state index is 12.7. The molecule has 0 aromatic heterocycles. The molecule has 0 heterocycles. The number of hydrogen-bond donors (Lipinski definition) is 1. The number of benzene rings is 2. The van der Waals surface area contributed by atoms with Crippen LogP contribution in [0.3, 0.4) is 0 Å². The molecule has 0 saturated heterocycles. The molecule has 1 N–H and O–H groups in total. The van der Waals surface area contributed by atoms with Gasteiger partial charge in [0.2, 0.25) is 0 Å². The van der Waals surface area contributed by atoms with Crippen molar-refractivity contribution in [3.05, 3.63) is 64.7 Å². The van der Waals surface area contributed by atoms with Crippen molar-refractivity contribution in [2.45, 2.75) is 45.4 Å². The number of halogens is 1. The van der Waals surface area contributed by atoms with Crippen LogP contribution in [0.4, 0.5) is 0 Å². The number of aldehydes is 1. The first-order valence-corrected chi connectivity index (χ1v) is 8.68. The van der Waals surface area contributed by atoms with Gasteiger partial charge < -0.3 is 10.1 Å². The van der Waals surface area contributed by atoms with E-state index in [9.17, 15) is 9.59 Å². The molecule has 1 unspecified atom stereocenters. The Labute approximate surface area is 160 Å². The Balaban J connectivity index is 0.00000243. The van der Waals surface area contributed by atoms with Gasteiger partial charge in [-0.25, -0.2) is 0 Å². The van der Waals surface area contributed by atoms with Crippen molar-refractivity contribution in [1.29, 1.82) is 0 Å². The van der Waals surface area contributed by atoms with E-state index in [2.05, 4.69) is 5.32 Å². The molecular weight excluding hydrogens is 350 g/mol. The number of fused-ring (bicyclic) bond motifs is 1. The molecule has 0 radical (unpaired) electrons. The number of Topliss-reactive ketones (excluding diaryl/α,β-unsaturated/α-hetero) is 1. The minimum Gasteiger partial charge on any atom is -0.488 e. The summed E-state index contributed by atoms with van der Waals surface area (Å²) in [6.45, 7) is 4.45. The molecular formula is C21H24ClNO3. The van der Waals surface area contributed by atoms with Crippen LogP contribution in [0.1, 0.15) is 52.1 Å². The van der Waals surface area contributed by atoms with E-state index in [4.69, 9.17) is 4.74 Å². The summed E-state index contributed by atoms with van der Waals surface area (Å²) in [6, 6.07) is 13.4. The van der Waals surface area contributed by atoms with Gasteiger partial charge >= 0.3 is 0 Å². The minimum absolute atomic E-state index is 0. The largest absolute Gasteiger partial charge is 0.488 e. The summed E-state index contributed by atoms with van der Waals surface area (Å²) in [6.07, 6.45) is 2.21. The quantitative estimate of drug-likeness (QED) is 0.778. The Morgan fingerprint density at radius 2 is 1.92 bits per heavy atom. The average Bonchev–Trinajstić information content (AvgIpc) is 2.62. The van der Waals surface area contributed by atoms with Crippen molar-refractivity contribution in [2.75, 3.05) is 0 Å². The van der Waals surface area contributed by atoms with Gasteiger partial charge in [-0.1, -0.05) is 44.2 Å². The Hall–Kier alpha value is -2.17. The Bertz CT molecular complexity index is 774. The Morgan fingerprint density at radius 3 is 2.58 bits per heavy atom. The molecule has 0 saturated carbocycles. The van der Waals surface area contributed by atoms with E-state index >= 15 is 0 Å². The van der Waals surface area contributed by atoms with Crippen LogP contribution in [-0.2, 0) is 13.0 Å². The van der Waals surface area contributed by atoms with E-state index in [1.54, 1.807) is 12.1 Å². The highest BCUT2D eigenvalue weighted by molar-refractivity contribution is 6.04. The molecule has 0 aliphatic heterocycles. The SMILES string of the molecule is CC(C)NC1CCc2c(ccc(OCc3ccccc3)c2C=O)C1=O.Cl. The molecule has 2 aromatic rings. The minimum atomic E-state index is -0.178. The summed E-state index contributed by atoms with van der Waals surface area (Å²) in [4.78, 5) is 24.4. The zero-order chi connectivity index (χ0) is 17.8. The third-order valence-electron chi connectivity index (χ3n) is 4.47. The molecule has 0 spiro atoms. The van der Waals surface area contributed by atoms with Crippen LogP contribution in [0.15, 0.2) is 42.5 Å². The Kier molecular flexibility index (Phi) is 6.95. The second-order valence-electron chi connectivity index (χ2n) is 6.67. The zero-order valence-corrected chi connectivity index (χ0v) is 15.8. The number of ketones is 1. The second kappa shape index (κ2) is 8.97. The molecule has 0 fully saturated rings. The highest BCUT2D eigenvalue weighted by atomic mass is 35.5. The number of hydrogen-bond acceptors (Lipinski definition) is 4. The number of ether oxygens (including phenoxy) is 1. The van der Waals surface area contributed by atoms with E-state index < -0.39 is 0 Å². The number of carbonyl (C=O) groups excluding carboxylic acids is 2. The van der Waals surface area contributed by atoms with Crippen molar-refractivity contribution < 1.29 is 14.3 Å². The molecule has 0 amide bonds. The molecule has 1 atom stereocenters. The highest BCUT2D eigenvalue weighted by Crippen LogP contribution is 2.31. The summed E-state index contributed by atoms with van der Waals surface area (Å²) in [5.74, 6) is 0.605. The monoisotopic (exact) mass is 373 g/mol. The third-order valence-corrected chi connectivity index (χ3v) is 4.47. The molecule has 1 aliphatic rings. The van der Waals surface area contributed by atoms with Gasteiger partial charge in [-0.3, -0.25) is 9.59 Å². The molecule has 4 nitrogen and oxygen atoms in total. The van der Waals surface area contributed by atoms with Crippen LogP contribution < -0.4 is 10.1 Å². The maximum Gasteiger partial charge on any atom is 0.180 e. The predicted octanol–water partition coefficient (Wildman–Crippen LogP) is 4.00. The van der Waals surface area contributed by atoms with E-state index in [1.807, 2.05) is 44.2 Å². The molecule has 0 bridgehead atoms. The van der Waals surface area contributed by atoms with Crippen molar-refractivity contribution in [1.82, 2.24) is 5.32 Å². The molecule has 3 rings (SSSR count). The molecule has 26 heavy (non-hydrogen) atoms. The molecule has 5 heteroatoms. The number of rotatable bonds is 6. The van der Waals surface area contributed by atoms with Crippen molar-refractivity contribution >= 4 is 24.5 Å². The highest BCUT2D eigenvalue weighted by Gasteiger charge is 2.30. The smallest absolute Gasteiger partial charge is 0.180 e. The fraction of sp³-hybridized carbons (Fsp3) is 0.333. The first kappa shape index (κ1) is 20.1. The summed E-state index contributed by atoms with van der Waals surface area (Å²) < 4.78 is 5.85. The molecule has 2 aromatic carbocycles. The van der Waals surface area contributed by atoms with Crippen LogP contribution >= 0.6 is 12.4 Å². The topological polar surface area (TPSA) is 55.4 Å². The lowest BCUT2D eigenvalue weighted by molar-refractivity contribution is 0.0922. The number of carbonyl (C=O) groups is 2. The van der Waals surface area contributed by atoms with Gasteiger partial charge in [-0.05, 0) is 36.1 Å². The lowest BCUT2D eigenvalue weighted by atomic mass is 9.84. The van der Waals surface area contributed by atoms with Gasteiger partial charge in [0.15, 0.2) is 12.1 Å². The fourth-order valence-electron chi connectivity index (χ4n) is 3.30. The lowest BCUT2D eigenvalue weighted by Gasteiger charge is -2.27. The van der Waals surface area contributed by atoms with Gasteiger partial charge in [0.1, 0.15) is 12.4 Å². The van der Waals surface area contributed by atoms with Crippen LogP contribution in [0.5, 0.6) is 5.75 Å². The number of nitrogens with one attached hydrogen (secondary N) is 1. The summed E-state index contributed by atoms with van der Waals surface area (Å²) in [5.41, 5.74) is 2.99. The molecule has 1 aliphatic carbocycles. The van der Waals surface area contributed by atoms with Crippen molar-refractivity contribution in [2.24, 2.45) is 0 Å². The normalized spacial score (nSPS) is 16.0. The van der Waals surface area contributed by atoms with Crippen molar-refractivity contribution in [3.8, 4) is 5.75 Å². The van der Waals surface area contributed by atoms with Gasteiger partial charge in [0.05, 0.1) is 11.6 Å². The first-order valence-electron chi connectivity index (χ1n) is 8.68. The van der Waals surface area contributed by atoms with Gasteiger partial charge in [-0.2, -0.15) is 0 Å². The predicted molar refractivity (Wildman–Crippen MR) is 105 cm³/mol. The van der Waals surface area contributed by atoms with Crippen LogP contribution in [-0.4, -0.2) is 24.2 Å². The molecule has 138 valence electrons. The maximum absolute atomic E-state index is 12.7. The Morgan fingerprint density at radius 1 is 1.19 bits per heavy atom. The van der Waals surface area contributed by atoms with E-state index in [0.29, 0.717) is 36.3 Å². The van der Waals surface area contributed by atoms with Crippen LogP contribution in [0, 0.1) is 0 Å². The van der Waals surface area contributed by atoms with E-state index in [-0.39, 0.29) is 30.3 Å². The van der Waals surface area contributed by atoms with Crippen LogP contribution in [0.2, 0.25) is 0 Å². The van der Waals surface area contributed by atoms with Crippen molar-refractivity contribution in [3.63, 3.8) is 0 Å². The van der Waals surface area contributed by atoms with E-state index in [1.165, 1.54) is 0 Å². The van der Waals surface area contributed by atoms with Crippen LogP contribution in [0.25, 0.3) is 0 Å². The summed E-state index contributed by atoms with van der Waals surface area (Å²) in [5, 5.41) is 3.30. The van der Waals surface area contributed by atoms with Gasteiger partial charge in [0.25, 0.3) is 0 Å². The summed E-state index contributed by atoms with van der Waals surface area (Å²) >= 11 is 0. The standard InChI is InChI=1S/C21H23NO3.ClH/c1-14(2)22-19-10-8-16-17(21(19)24)9-11-20(18(16)12-23)25-13-15-6-4-3-5-7-15;/h3-7,9,11-12,14,19,22H,8,10,13H2,1-2H3;1H. The lowest BCUT2D eigenvalue weighted by Crippen LogP contribution is -2.43. The van der Waals surface area contributed by atoms with Gasteiger partial charge in [0, 0.05) is 11.6 Å². The third kappa shape index (κ3) is 4.32. The second-order valence-corrected chi connectivity index (χ2v) is 6.67.